The van der Waals surface area contributed by atoms with Gasteiger partial charge in [-0.3, -0.25) is 9.59 Å². The third kappa shape index (κ3) is 3.17. The lowest BCUT2D eigenvalue weighted by Crippen LogP contribution is -2.57. The van der Waals surface area contributed by atoms with E-state index in [1.807, 2.05) is 0 Å². The van der Waals surface area contributed by atoms with Crippen LogP contribution in [0.15, 0.2) is 10.5 Å². The summed E-state index contributed by atoms with van der Waals surface area (Å²) >= 11 is 1.61. The van der Waals surface area contributed by atoms with Crippen molar-refractivity contribution in [1.82, 2.24) is 0 Å². The van der Waals surface area contributed by atoms with E-state index in [0.29, 0.717) is 31.2 Å². The molecule has 0 aromatic rings. The molecule has 0 aliphatic heterocycles. The van der Waals surface area contributed by atoms with Gasteiger partial charge in [0, 0.05) is 24.6 Å². The number of rotatable bonds is 5. The minimum absolute atomic E-state index is 0.0630. The van der Waals surface area contributed by atoms with Gasteiger partial charge in [0.25, 0.3) is 0 Å². The third-order valence-corrected chi connectivity index (χ3v) is 10.1. The zero-order chi connectivity index (χ0) is 21.0. The number of hydrogen-bond acceptors (Lipinski definition) is 6. The Kier molecular flexibility index (Phi) is 5.77. The molecule has 0 heterocycles. The monoisotopic (exact) mass is 421 g/mol. The Morgan fingerprint density at radius 3 is 2.69 bits per heavy atom. The first-order chi connectivity index (χ1) is 13.8. The molecule has 0 aromatic carbocycles. The number of Topliss-reactive ketones (excluding diaryl/α,β-unsaturated/α-hetero) is 2. The predicted octanol–water partition coefficient (Wildman–Crippen LogP) is 2.69. The SMILES string of the molecule is CC12CCC(=O)C(SCCN)=C1CCC1C2C(O)CC2(C)C1CC[C@@H]2C(=O)CO. The van der Waals surface area contributed by atoms with Gasteiger partial charge in [-0.15, -0.1) is 11.8 Å². The molecule has 6 heteroatoms. The van der Waals surface area contributed by atoms with E-state index < -0.39 is 12.7 Å². The average molecular weight is 422 g/mol. The van der Waals surface area contributed by atoms with Crippen LogP contribution in [0, 0.1) is 34.5 Å². The lowest BCUT2D eigenvalue weighted by Gasteiger charge is -2.60. The van der Waals surface area contributed by atoms with Gasteiger partial charge in [-0.25, -0.2) is 0 Å². The summed E-state index contributed by atoms with van der Waals surface area (Å²) in [7, 11) is 0. The largest absolute Gasteiger partial charge is 0.393 e. The first-order valence-corrected chi connectivity index (χ1v) is 12.2. The third-order valence-electron chi connectivity index (χ3n) is 8.91. The van der Waals surface area contributed by atoms with Crippen molar-refractivity contribution >= 4 is 23.3 Å². The van der Waals surface area contributed by atoms with Gasteiger partial charge in [0.05, 0.1) is 11.0 Å². The van der Waals surface area contributed by atoms with Gasteiger partial charge >= 0.3 is 0 Å². The molecule has 4 aliphatic rings. The van der Waals surface area contributed by atoms with E-state index in [-0.39, 0.29) is 34.2 Å². The van der Waals surface area contributed by atoms with Crippen molar-refractivity contribution in [2.75, 3.05) is 18.9 Å². The van der Waals surface area contributed by atoms with E-state index in [0.717, 1.165) is 42.8 Å². The van der Waals surface area contributed by atoms with E-state index in [1.54, 1.807) is 11.8 Å². The molecule has 4 aliphatic carbocycles. The van der Waals surface area contributed by atoms with Gasteiger partial charge in [-0.1, -0.05) is 13.8 Å². The zero-order valence-corrected chi connectivity index (χ0v) is 18.5. The molecular formula is C23H35NO4S. The lowest BCUT2D eigenvalue weighted by molar-refractivity contribution is -0.146. The molecule has 3 fully saturated rings. The summed E-state index contributed by atoms with van der Waals surface area (Å²) in [6.45, 7) is 4.60. The number of aliphatic hydroxyl groups is 2. The molecule has 0 bridgehead atoms. The number of carbonyl (C=O) groups is 2. The highest BCUT2D eigenvalue weighted by Crippen LogP contribution is 2.67. The highest BCUT2D eigenvalue weighted by Gasteiger charge is 2.63. The fraction of sp³-hybridized carbons (Fsp3) is 0.826. The maximum Gasteiger partial charge on any atom is 0.169 e. The maximum atomic E-state index is 12.7. The molecule has 29 heavy (non-hydrogen) atoms. The van der Waals surface area contributed by atoms with Crippen molar-refractivity contribution < 1.29 is 19.8 Å². The van der Waals surface area contributed by atoms with Crippen LogP contribution in [0.1, 0.15) is 58.8 Å². The smallest absolute Gasteiger partial charge is 0.169 e. The fourth-order valence-corrected chi connectivity index (χ4v) is 8.86. The first kappa shape index (κ1) is 21.5. The molecule has 4 rings (SSSR count). The van der Waals surface area contributed by atoms with Crippen LogP contribution in [-0.4, -0.2) is 46.8 Å². The highest BCUT2D eigenvalue weighted by molar-refractivity contribution is 8.04. The van der Waals surface area contributed by atoms with Crippen LogP contribution in [0.4, 0.5) is 0 Å². The predicted molar refractivity (Wildman–Crippen MR) is 114 cm³/mol. The summed E-state index contributed by atoms with van der Waals surface area (Å²) in [5, 5.41) is 20.9. The van der Waals surface area contributed by atoms with Crippen LogP contribution < -0.4 is 5.73 Å². The van der Waals surface area contributed by atoms with Crippen molar-refractivity contribution in [1.29, 1.82) is 0 Å². The molecule has 4 N–H and O–H groups in total. The number of nitrogens with two attached hydrogens (primary N) is 1. The molecular weight excluding hydrogens is 386 g/mol. The number of aliphatic hydroxyl groups excluding tert-OH is 2. The van der Waals surface area contributed by atoms with Crippen LogP contribution in [0.25, 0.3) is 0 Å². The Bertz CT molecular complexity index is 736. The summed E-state index contributed by atoms with van der Waals surface area (Å²) in [6.07, 6.45) is 5.24. The number of hydrogen-bond donors (Lipinski definition) is 3. The van der Waals surface area contributed by atoms with Crippen molar-refractivity contribution in [3.63, 3.8) is 0 Å². The summed E-state index contributed by atoms with van der Waals surface area (Å²) in [4.78, 5) is 26.0. The van der Waals surface area contributed by atoms with Gasteiger partial charge < -0.3 is 15.9 Å². The van der Waals surface area contributed by atoms with Gasteiger partial charge in [0.2, 0.25) is 0 Å². The topological polar surface area (TPSA) is 101 Å². The lowest BCUT2D eigenvalue weighted by atomic mass is 9.46. The maximum absolute atomic E-state index is 12.7. The Hall–Kier alpha value is -0.690. The van der Waals surface area contributed by atoms with Gasteiger partial charge in [-0.05, 0) is 72.7 Å². The fourth-order valence-electron chi connectivity index (χ4n) is 7.76. The average Bonchev–Trinajstić information content (AvgIpc) is 3.03. The van der Waals surface area contributed by atoms with Crippen molar-refractivity contribution in [2.45, 2.75) is 64.9 Å². The number of carbonyl (C=O) groups excluding carboxylic acids is 2. The van der Waals surface area contributed by atoms with E-state index in [2.05, 4.69) is 13.8 Å². The molecule has 162 valence electrons. The second-order valence-electron chi connectivity index (χ2n) is 10.2. The number of allylic oxidation sites excluding steroid dienone is 1. The van der Waals surface area contributed by atoms with Crippen LogP contribution >= 0.6 is 11.8 Å². The van der Waals surface area contributed by atoms with Gasteiger partial charge in [-0.2, -0.15) is 0 Å². The summed E-state index contributed by atoms with van der Waals surface area (Å²) < 4.78 is 0. The van der Waals surface area contributed by atoms with Crippen LogP contribution in [-0.2, 0) is 9.59 Å². The van der Waals surface area contributed by atoms with Gasteiger partial charge in [0.1, 0.15) is 6.61 Å². The Morgan fingerprint density at radius 1 is 1.24 bits per heavy atom. The standard InChI is InChI=1S/C23H35NO4S/c1-22-8-7-17(26)21(29-10-9-24)16(22)4-3-13-14-5-6-15(19(28)12-25)23(14,2)11-18(27)20(13)22/h13-15,18,20,25,27H,3-12,24H2,1-2H3/t13?,14?,15-,18?,20?,22?,23?/m1/s1. The van der Waals surface area contributed by atoms with E-state index in [9.17, 15) is 19.8 Å². The van der Waals surface area contributed by atoms with Crippen molar-refractivity contribution in [2.24, 2.45) is 40.2 Å². The molecule has 0 radical (unpaired) electrons. The molecule has 3 saturated carbocycles. The summed E-state index contributed by atoms with van der Waals surface area (Å²) in [6, 6.07) is 0. The minimum atomic E-state index is -0.470. The molecule has 0 aromatic heterocycles. The Balaban J connectivity index is 1.70. The highest BCUT2D eigenvalue weighted by atomic mass is 32.2. The van der Waals surface area contributed by atoms with Crippen LogP contribution in [0.5, 0.6) is 0 Å². The van der Waals surface area contributed by atoms with Crippen LogP contribution in [0.2, 0.25) is 0 Å². The van der Waals surface area contributed by atoms with Gasteiger partial charge in [0.15, 0.2) is 11.6 Å². The quantitative estimate of drug-likeness (QED) is 0.631. The Labute approximate surface area is 177 Å². The molecule has 0 spiro atoms. The number of fused-ring (bicyclic) bond motifs is 5. The minimum Gasteiger partial charge on any atom is -0.393 e. The molecule has 0 amide bonds. The van der Waals surface area contributed by atoms with E-state index in [4.69, 9.17) is 5.73 Å². The normalized spacial score (nSPS) is 44.3. The summed E-state index contributed by atoms with van der Waals surface area (Å²) in [5.41, 5.74) is 6.60. The number of thioether (sulfide) groups is 1. The number of ketones is 2. The summed E-state index contributed by atoms with van der Waals surface area (Å²) in [5.74, 6) is 1.74. The Morgan fingerprint density at radius 2 is 2.00 bits per heavy atom. The van der Waals surface area contributed by atoms with E-state index in [1.165, 1.54) is 5.57 Å². The molecule has 0 saturated heterocycles. The van der Waals surface area contributed by atoms with Crippen molar-refractivity contribution in [3.05, 3.63) is 10.5 Å². The van der Waals surface area contributed by atoms with E-state index >= 15 is 0 Å². The van der Waals surface area contributed by atoms with Crippen molar-refractivity contribution in [3.8, 4) is 0 Å². The molecule has 7 atom stereocenters. The molecule has 5 nitrogen and oxygen atoms in total. The second kappa shape index (κ2) is 7.77. The molecule has 6 unspecified atom stereocenters. The zero-order valence-electron chi connectivity index (χ0n) is 17.7. The second-order valence-corrected chi connectivity index (χ2v) is 11.3. The first-order valence-electron chi connectivity index (χ1n) is 11.2. The van der Waals surface area contributed by atoms with Crippen LogP contribution in [0.3, 0.4) is 0 Å².